The number of rotatable bonds is 7. The first-order valence-corrected chi connectivity index (χ1v) is 14.1. The number of hydrogen-bond acceptors (Lipinski definition) is 7. The van der Waals surface area contributed by atoms with Gasteiger partial charge in [-0.3, -0.25) is 19.3 Å². The summed E-state index contributed by atoms with van der Waals surface area (Å²) in [6, 6.07) is 23.7. The third-order valence-corrected chi connectivity index (χ3v) is 8.00. The van der Waals surface area contributed by atoms with E-state index in [1.165, 1.54) is 16.7 Å². The smallest absolute Gasteiger partial charge is 0.263 e. The third-order valence-electron chi connectivity index (χ3n) is 6.75. The molecule has 0 aliphatic carbocycles. The Hall–Kier alpha value is -4.28. The number of anilines is 1. The highest BCUT2D eigenvalue weighted by molar-refractivity contribution is 8.00. The van der Waals surface area contributed by atoms with Crippen molar-refractivity contribution in [3.63, 3.8) is 0 Å². The van der Waals surface area contributed by atoms with Gasteiger partial charge in [0.05, 0.1) is 29.0 Å². The minimum Gasteiger partial charge on any atom is -0.454 e. The van der Waals surface area contributed by atoms with Gasteiger partial charge in [0.2, 0.25) is 12.7 Å². The molecule has 2 aliphatic heterocycles. The van der Waals surface area contributed by atoms with Crippen LogP contribution in [0.5, 0.6) is 11.5 Å². The van der Waals surface area contributed by atoms with Crippen LogP contribution in [0.25, 0.3) is 16.9 Å². The van der Waals surface area contributed by atoms with Gasteiger partial charge in [0.1, 0.15) is 12.4 Å². The second-order valence-electron chi connectivity index (χ2n) is 9.44. The van der Waals surface area contributed by atoms with E-state index in [-0.39, 0.29) is 30.2 Å². The lowest BCUT2D eigenvalue weighted by Crippen LogP contribution is -2.42. The molecule has 1 atom stereocenters. The molecule has 9 nitrogen and oxygen atoms in total. The maximum absolute atomic E-state index is 13.7. The summed E-state index contributed by atoms with van der Waals surface area (Å²) in [6.45, 7) is 4.06. The summed E-state index contributed by atoms with van der Waals surface area (Å²) in [5.41, 5.74) is 7.74. The van der Waals surface area contributed by atoms with Crippen molar-refractivity contribution in [1.29, 1.82) is 0 Å². The average Bonchev–Trinajstić information content (AvgIpc) is 3.57. The molecule has 0 bridgehead atoms. The van der Waals surface area contributed by atoms with E-state index in [1.54, 1.807) is 11.6 Å². The number of ether oxygens (including phenoxy) is 2. The van der Waals surface area contributed by atoms with Crippen LogP contribution in [0.2, 0.25) is 0 Å². The molecule has 10 heteroatoms. The number of nitrogens with zero attached hydrogens (tertiary/aromatic N) is 3. The standard InChI is InChI=1S/C30H28N4O5S/c1-3-39-32-25(35)16-33-26(36)17-40-29(21-11-14-23-24(15-21)38-18-37-23)27-28(20-7-5-4-6-8-20)31-34(30(27)33)22-12-9-19(2)10-13-22/h4-15,29H,3,16-18H2,1-2H3,(H,32,35). The number of carbonyl (C=O) groups excluding carboxylic acids is 2. The highest BCUT2D eigenvalue weighted by atomic mass is 32.2. The lowest BCUT2D eigenvalue weighted by molar-refractivity contribution is -0.132. The molecule has 3 heterocycles. The van der Waals surface area contributed by atoms with Gasteiger partial charge in [0.15, 0.2) is 11.5 Å². The van der Waals surface area contributed by atoms with Gasteiger partial charge in [0, 0.05) is 11.1 Å². The van der Waals surface area contributed by atoms with Crippen LogP contribution in [0.4, 0.5) is 5.82 Å². The Balaban J connectivity index is 1.59. The monoisotopic (exact) mass is 556 g/mol. The molecule has 1 unspecified atom stereocenters. The average molecular weight is 557 g/mol. The molecule has 40 heavy (non-hydrogen) atoms. The molecule has 0 saturated carbocycles. The number of thioether (sulfide) groups is 1. The predicted molar refractivity (Wildman–Crippen MR) is 153 cm³/mol. The number of carbonyl (C=O) groups is 2. The van der Waals surface area contributed by atoms with E-state index in [9.17, 15) is 9.59 Å². The summed E-state index contributed by atoms with van der Waals surface area (Å²) in [4.78, 5) is 33.3. The van der Waals surface area contributed by atoms with Crippen LogP contribution < -0.4 is 19.9 Å². The Kier molecular flexibility index (Phi) is 7.19. The van der Waals surface area contributed by atoms with Crippen LogP contribution in [0.3, 0.4) is 0 Å². The molecule has 6 rings (SSSR count). The molecule has 0 fully saturated rings. The first-order valence-electron chi connectivity index (χ1n) is 13.0. The number of fused-ring (bicyclic) bond motifs is 2. The summed E-state index contributed by atoms with van der Waals surface area (Å²) in [5.74, 6) is 1.44. The quantitative estimate of drug-likeness (QED) is 0.327. The van der Waals surface area contributed by atoms with Crippen molar-refractivity contribution in [3.8, 4) is 28.4 Å². The summed E-state index contributed by atoms with van der Waals surface area (Å²) in [7, 11) is 0. The lowest BCUT2D eigenvalue weighted by atomic mass is 9.99. The molecular weight excluding hydrogens is 528 g/mol. The third kappa shape index (κ3) is 4.91. The number of aryl methyl sites for hydroxylation is 1. The molecule has 204 valence electrons. The summed E-state index contributed by atoms with van der Waals surface area (Å²) < 4.78 is 13.0. The molecule has 1 N–H and O–H groups in total. The summed E-state index contributed by atoms with van der Waals surface area (Å²) in [5, 5.41) is 4.82. The normalized spacial score (nSPS) is 16.0. The van der Waals surface area contributed by atoms with E-state index < -0.39 is 5.91 Å². The fourth-order valence-corrected chi connectivity index (χ4v) is 6.05. The van der Waals surface area contributed by atoms with Crippen LogP contribution >= 0.6 is 11.8 Å². The van der Waals surface area contributed by atoms with Crippen LogP contribution in [-0.2, 0) is 14.4 Å². The zero-order chi connectivity index (χ0) is 27.6. The van der Waals surface area contributed by atoms with Gasteiger partial charge in [0.25, 0.3) is 5.91 Å². The fourth-order valence-electron chi connectivity index (χ4n) is 4.86. The van der Waals surface area contributed by atoms with Crippen LogP contribution in [0.1, 0.15) is 28.9 Å². The molecule has 0 saturated heterocycles. The van der Waals surface area contributed by atoms with E-state index in [0.29, 0.717) is 23.9 Å². The maximum Gasteiger partial charge on any atom is 0.263 e. The number of amides is 2. The first kappa shape index (κ1) is 26.0. The molecule has 1 aromatic heterocycles. The number of nitrogens with one attached hydrogen (secondary N) is 1. The molecule has 4 aromatic rings. The Morgan fingerprint density at radius 1 is 1.07 bits per heavy atom. The second kappa shape index (κ2) is 11.1. The van der Waals surface area contributed by atoms with Gasteiger partial charge < -0.3 is 9.47 Å². The van der Waals surface area contributed by atoms with Crippen molar-refractivity contribution in [2.75, 3.05) is 30.6 Å². The second-order valence-corrected chi connectivity index (χ2v) is 10.5. The fraction of sp³-hybridized carbons (Fsp3) is 0.233. The number of hydroxylamine groups is 1. The van der Waals surface area contributed by atoms with E-state index in [0.717, 1.165) is 33.6 Å². The zero-order valence-corrected chi connectivity index (χ0v) is 22.9. The Labute approximate surface area is 236 Å². The topological polar surface area (TPSA) is 94.9 Å². The highest BCUT2D eigenvalue weighted by Crippen LogP contribution is 2.50. The van der Waals surface area contributed by atoms with Crippen molar-refractivity contribution in [3.05, 3.63) is 89.5 Å². The van der Waals surface area contributed by atoms with Gasteiger partial charge in [-0.25, -0.2) is 10.2 Å². The van der Waals surface area contributed by atoms with Crippen molar-refractivity contribution >= 4 is 29.4 Å². The SMILES string of the molecule is CCONC(=O)CN1C(=O)CSC(c2ccc3c(c2)OCO3)c2c(-c3ccccc3)nn(-c3ccc(C)cc3)c21. The highest BCUT2D eigenvalue weighted by Gasteiger charge is 2.38. The molecule has 0 radical (unpaired) electrons. The zero-order valence-electron chi connectivity index (χ0n) is 22.1. The van der Waals surface area contributed by atoms with E-state index >= 15 is 0 Å². The number of aromatic nitrogens is 2. The van der Waals surface area contributed by atoms with Crippen molar-refractivity contribution < 1.29 is 23.9 Å². The molecule has 3 aromatic carbocycles. The molecular formula is C30H28N4O5S. The molecule has 2 amide bonds. The Bertz CT molecular complexity index is 1550. The molecule has 2 aliphatic rings. The van der Waals surface area contributed by atoms with Crippen molar-refractivity contribution in [2.45, 2.75) is 19.1 Å². The van der Waals surface area contributed by atoms with Gasteiger partial charge in [-0.15, -0.1) is 11.8 Å². The largest absolute Gasteiger partial charge is 0.454 e. The van der Waals surface area contributed by atoms with Gasteiger partial charge in [-0.1, -0.05) is 54.1 Å². The summed E-state index contributed by atoms with van der Waals surface area (Å²) >= 11 is 1.50. The van der Waals surface area contributed by atoms with Crippen LogP contribution in [0, 0.1) is 6.92 Å². The Morgan fingerprint density at radius 2 is 1.85 bits per heavy atom. The van der Waals surface area contributed by atoms with Gasteiger partial charge in [-0.2, -0.15) is 5.10 Å². The predicted octanol–water partition coefficient (Wildman–Crippen LogP) is 4.81. The van der Waals surface area contributed by atoms with Gasteiger partial charge >= 0.3 is 0 Å². The summed E-state index contributed by atoms with van der Waals surface area (Å²) in [6.07, 6.45) is 0. The number of benzene rings is 3. The van der Waals surface area contributed by atoms with Crippen molar-refractivity contribution in [2.24, 2.45) is 0 Å². The lowest BCUT2D eigenvalue weighted by Gasteiger charge is -2.23. The van der Waals surface area contributed by atoms with E-state index in [1.807, 2.05) is 79.7 Å². The minimum absolute atomic E-state index is 0.165. The van der Waals surface area contributed by atoms with E-state index in [4.69, 9.17) is 19.4 Å². The first-order chi connectivity index (χ1) is 19.5. The van der Waals surface area contributed by atoms with Crippen LogP contribution in [-0.4, -0.2) is 47.3 Å². The van der Waals surface area contributed by atoms with Gasteiger partial charge in [-0.05, 0) is 43.7 Å². The Morgan fingerprint density at radius 3 is 2.62 bits per heavy atom. The molecule has 0 spiro atoms. The minimum atomic E-state index is -0.425. The van der Waals surface area contributed by atoms with Crippen molar-refractivity contribution in [1.82, 2.24) is 15.3 Å². The van der Waals surface area contributed by atoms with E-state index in [2.05, 4.69) is 5.48 Å². The van der Waals surface area contributed by atoms with Crippen LogP contribution in [0.15, 0.2) is 72.8 Å². The maximum atomic E-state index is 13.7. The number of hydrogen-bond donors (Lipinski definition) is 1.